The van der Waals surface area contributed by atoms with Crippen LogP contribution in [-0.4, -0.2) is 21.3 Å². The first-order valence-electron chi connectivity index (χ1n) is 12.1. The molecule has 5 heteroatoms. The summed E-state index contributed by atoms with van der Waals surface area (Å²) < 4.78 is 29.0. The van der Waals surface area contributed by atoms with Gasteiger partial charge in [0.05, 0.1) is 21.3 Å². The lowest BCUT2D eigenvalue weighted by Gasteiger charge is -2.16. The fourth-order valence-corrected chi connectivity index (χ4v) is 3.98. The molecule has 4 rings (SSSR count). The molecule has 0 spiro atoms. The highest BCUT2D eigenvalue weighted by atomic mass is 16.5. The Bertz CT molecular complexity index is 1300. The summed E-state index contributed by atoms with van der Waals surface area (Å²) in [5.74, 6) is 3.43. The minimum Gasteiger partial charge on any atom is -0.497 e. The number of allylic oxidation sites excluding steroid dienone is 1. The molecule has 4 aromatic rings. The van der Waals surface area contributed by atoms with E-state index in [4.69, 9.17) is 23.7 Å². The molecular weight excluding hydrogens is 464 g/mol. The van der Waals surface area contributed by atoms with Gasteiger partial charge in [0.2, 0.25) is 5.75 Å². The third-order valence-electron chi connectivity index (χ3n) is 5.89. The molecule has 0 amide bonds. The molecule has 0 unspecified atom stereocenters. The van der Waals surface area contributed by atoms with Crippen LogP contribution in [0.3, 0.4) is 0 Å². The maximum absolute atomic E-state index is 6.12. The van der Waals surface area contributed by atoms with Crippen molar-refractivity contribution in [1.29, 1.82) is 0 Å². The summed E-state index contributed by atoms with van der Waals surface area (Å²) in [6, 6.07) is 29.9. The number of ether oxygens (including phenoxy) is 5. The van der Waals surface area contributed by atoms with E-state index >= 15 is 0 Å². The van der Waals surface area contributed by atoms with Crippen LogP contribution in [-0.2, 0) is 19.6 Å². The van der Waals surface area contributed by atoms with Crippen LogP contribution >= 0.6 is 0 Å². The van der Waals surface area contributed by atoms with Crippen LogP contribution in [0.5, 0.6) is 28.7 Å². The van der Waals surface area contributed by atoms with Gasteiger partial charge in [0.15, 0.2) is 11.5 Å². The van der Waals surface area contributed by atoms with Crippen molar-refractivity contribution in [3.63, 3.8) is 0 Å². The smallest absolute Gasteiger partial charge is 0.203 e. The maximum Gasteiger partial charge on any atom is 0.203 e. The summed E-state index contributed by atoms with van der Waals surface area (Å²) in [5.41, 5.74) is 4.11. The van der Waals surface area contributed by atoms with Gasteiger partial charge in [-0.3, -0.25) is 0 Å². The maximum atomic E-state index is 6.12. The standard InChI is InChI=1S/C32H32O5/c1-33-28-18-20-29(36-22-24-11-6-4-7-12-24)27(21-28)16-10-15-26-17-19-30(32(35-3)31(26)34-2)37-23-25-13-8-5-9-14-25/h4-14,16-21H,15,22-23H2,1-3H3/b16-10+. The van der Waals surface area contributed by atoms with Gasteiger partial charge in [-0.05, 0) is 41.8 Å². The lowest BCUT2D eigenvalue weighted by molar-refractivity contribution is 0.275. The third kappa shape index (κ3) is 6.85. The Morgan fingerprint density at radius 3 is 1.78 bits per heavy atom. The summed E-state index contributed by atoms with van der Waals surface area (Å²) in [6.07, 6.45) is 4.74. The number of hydrogen-bond acceptors (Lipinski definition) is 5. The molecule has 5 nitrogen and oxygen atoms in total. The summed E-state index contributed by atoms with van der Waals surface area (Å²) in [6.45, 7) is 0.935. The van der Waals surface area contributed by atoms with E-state index in [0.29, 0.717) is 36.9 Å². The Kier molecular flexibility index (Phi) is 9.08. The van der Waals surface area contributed by atoms with Crippen molar-refractivity contribution >= 4 is 6.08 Å². The second kappa shape index (κ2) is 13.1. The first-order chi connectivity index (χ1) is 18.2. The van der Waals surface area contributed by atoms with Gasteiger partial charge in [0.25, 0.3) is 0 Å². The van der Waals surface area contributed by atoms with E-state index in [1.165, 1.54) is 0 Å². The number of methoxy groups -OCH3 is 3. The van der Waals surface area contributed by atoms with Crippen molar-refractivity contribution in [2.24, 2.45) is 0 Å². The van der Waals surface area contributed by atoms with Crippen LogP contribution in [0.2, 0.25) is 0 Å². The number of rotatable bonds is 12. The van der Waals surface area contributed by atoms with Crippen molar-refractivity contribution in [3.05, 3.63) is 119 Å². The van der Waals surface area contributed by atoms with Gasteiger partial charge < -0.3 is 23.7 Å². The average Bonchev–Trinajstić information content (AvgIpc) is 2.96. The van der Waals surface area contributed by atoms with Crippen LogP contribution < -0.4 is 23.7 Å². The zero-order chi connectivity index (χ0) is 25.9. The molecule has 0 atom stereocenters. The Morgan fingerprint density at radius 2 is 1.19 bits per heavy atom. The van der Waals surface area contributed by atoms with Gasteiger partial charge in [-0.1, -0.05) is 78.9 Å². The molecular formula is C32H32O5. The SMILES string of the molecule is COc1ccc(OCc2ccccc2)c(/C=C/Cc2ccc(OCc3ccccc3)c(OC)c2OC)c1. The molecule has 0 bridgehead atoms. The molecule has 0 saturated carbocycles. The summed E-state index contributed by atoms with van der Waals surface area (Å²) >= 11 is 0. The van der Waals surface area contributed by atoms with Crippen LogP contribution in [0.1, 0.15) is 22.3 Å². The molecule has 0 aliphatic heterocycles. The van der Waals surface area contributed by atoms with Crippen molar-refractivity contribution < 1.29 is 23.7 Å². The Hall–Kier alpha value is -4.38. The van der Waals surface area contributed by atoms with Gasteiger partial charge in [-0.2, -0.15) is 0 Å². The first kappa shape index (κ1) is 25.7. The summed E-state index contributed by atoms with van der Waals surface area (Å²) in [4.78, 5) is 0. The lowest BCUT2D eigenvalue weighted by Crippen LogP contribution is -2.01. The Morgan fingerprint density at radius 1 is 0.595 bits per heavy atom. The van der Waals surface area contributed by atoms with Crippen LogP contribution in [0, 0.1) is 0 Å². The second-order valence-corrected chi connectivity index (χ2v) is 8.35. The van der Waals surface area contributed by atoms with Crippen LogP contribution in [0.25, 0.3) is 6.08 Å². The second-order valence-electron chi connectivity index (χ2n) is 8.35. The molecule has 37 heavy (non-hydrogen) atoms. The van der Waals surface area contributed by atoms with E-state index in [-0.39, 0.29) is 0 Å². The van der Waals surface area contributed by atoms with Gasteiger partial charge >= 0.3 is 0 Å². The minimum absolute atomic E-state index is 0.446. The van der Waals surface area contributed by atoms with E-state index in [9.17, 15) is 0 Å². The number of hydrogen-bond donors (Lipinski definition) is 0. The summed E-state index contributed by atoms with van der Waals surface area (Å²) in [5, 5.41) is 0. The zero-order valence-corrected chi connectivity index (χ0v) is 21.5. The zero-order valence-electron chi connectivity index (χ0n) is 21.5. The van der Waals surface area contributed by atoms with E-state index in [2.05, 4.69) is 6.08 Å². The minimum atomic E-state index is 0.446. The molecule has 0 aromatic heterocycles. The highest BCUT2D eigenvalue weighted by molar-refractivity contribution is 5.61. The Balaban J connectivity index is 1.50. The van der Waals surface area contributed by atoms with E-state index in [0.717, 1.165) is 33.8 Å². The van der Waals surface area contributed by atoms with E-state index < -0.39 is 0 Å². The fourth-order valence-electron chi connectivity index (χ4n) is 3.98. The first-order valence-corrected chi connectivity index (χ1v) is 12.1. The predicted octanol–water partition coefficient (Wildman–Crippen LogP) is 7.13. The van der Waals surface area contributed by atoms with Gasteiger partial charge in [-0.15, -0.1) is 0 Å². The van der Waals surface area contributed by atoms with E-state index in [1.54, 1.807) is 21.3 Å². The monoisotopic (exact) mass is 496 g/mol. The number of benzene rings is 4. The largest absolute Gasteiger partial charge is 0.497 e. The molecule has 0 aliphatic carbocycles. The third-order valence-corrected chi connectivity index (χ3v) is 5.89. The van der Waals surface area contributed by atoms with Crippen LogP contribution in [0.15, 0.2) is 97.1 Å². The molecule has 0 aliphatic rings. The predicted molar refractivity (Wildman–Crippen MR) is 147 cm³/mol. The summed E-state index contributed by atoms with van der Waals surface area (Å²) in [7, 11) is 4.93. The van der Waals surface area contributed by atoms with Crippen LogP contribution in [0.4, 0.5) is 0 Å². The van der Waals surface area contributed by atoms with Gasteiger partial charge in [0.1, 0.15) is 24.7 Å². The highest BCUT2D eigenvalue weighted by Gasteiger charge is 2.16. The lowest BCUT2D eigenvalue weighted by atomic mass is 10.1. The van der Waals surface area contributed by atoms with Crippen molar-refractivity contribution in [2.75, 3.05) is 21.3 Å². The molecule has 0 saturated heterocycles. The highest BCUT2D eigenvalue weighted by Crippen LogP contribution is 2.40. The average molecular weight is 497 g/mol. The quantitative estimate of drug-likeness (QED) is 0.209. The topological polar surface area (TPSA) is 46.2 Å². The van der Waals surface area contributed by atoms with E-state index in [1.807, 2.05) is 97.1 Å². The van der Waals surface area contributed by atoms with Crippen molar-refractivity contribution in [3.8, 4) is 28.7 Å². The fraction of sp³-hybridized carbons (Fsp3) is 0.188. The molecule has 4 aromatic carbocycles. The molecule has 0 heterocycles. The van der Waals surface area contributed by atoms with Crippen molar-refractivity contribution in [1.82, 2.24) is 0 Å². The molecule has 0 radical (unpaired) electrons. The van der Waals surface area contributed by atoms with Gasteiger partial charge in [0, 0.05) is 11.1 Å². The molecule has 190 valence electrons. The normalized spacial score (nSPS) is 10.8. The Labute approximate surface area is 218 Å². The molecule has 0 N–H and O–H groups in total. The van der Waals surface area contributed by atoms with Gasteiger partial charge in [-0.25, -0.2) is 0 Å². The molecule has 0 fully saturated rings. The van der Waals surface area contributed by atoms with Crippen molar-refractivity contribution in [2.45, 2.75) is 19.6 Å².